The van der Waals surface area contributed by atoms with Crippen LogP contribution in [0.15, 0.2) is 30.8 Å². The highest BCUT2D eigenvalue weighted by molar-refractivity contribution is 6.26. The van der Waals surface area contributed by atoms with Crippen molar-refractivity contribution < 1.29 is 13.9 Å². The van der Waals surface area contributed by atoms with Gasteiger partial charge in [0.05, 0.1) is 0 Å². The van der Waals surface area contributed by atoms with E-state index in [-0.39, 0.29) is 6.29 Å². The SMILES string of the molecule is C=Cc1cccc(CCO[SiH2]CCC(OCC)OCC)c1. The molecule has 21 heavy (non-hydrogen) atoms. The number of ether oxygens (including phenoxy) is 2. The van der Waals surface area contributed by atoms with Gasteiger partial charge in [-0.25, -0.2) is 0 Å². The number of rotatable bonds is 12. The van der Waals surface area contributed by atoms with Crippen molar-refractivity contribution in [1.82, 2.24) is 0 Å². The van der Waals surface area contributed by atoms with Crippen LogP contribution >= 0.6 is 0 Å². The quantitative estimate of drug-likeness (QED) is 0.337. The molecule has 0 saturated carbocycles. The zero-order chi connectivity index (χ0) is 15.3. The van der Waals surface area contributed by atoms with Gasteiger partial charge in [0.25, 0.3) is 0 Å². The third-order valence-corrected chi connectivity index (χ3v) is 4.43. The third-order valence-electron chi connectivity index (χ3n) is 3.16. The van der Waals surface area contributed by atoms with E-state index in [1.165, 1.54) is 11.1 Å². The van der Waals surface area contributed by atoms with E-state index >= 15 is 0 Å². The number of hydrogen-bond acceptors (Lipinski definition) is 3. The Morgan fingerprint density at radius 3 is 2.67 bits per heavy atom. The molecule has 0 aliphatic rings. The van der Waals surface area contributed by atoms with Crippen LogP contribution in [0.2, 0.25) is 6.04 Å². The highest BCUT2D eigenvalue weighted by Crippen LogP contribution is 2.08. The van der Waals surface area contributed by atoms with Crippen LogP contribution in [0.25, 0.3) is 6.08 Å². The average molecular weight is 308 g/mol. The van der Waals surface area contributed by atoms with E-state index in [0.29, 0.717) is 13.2 Å². The average Bonchev–Trinajstić information content (AvgIpc) is 2.51. The highest BCUT2D eigenvalue weighted by Gasteiger charge is 2.07. The molecule has 0 spiro atoms. The van der Waals surface area contributed by atoms with Gasteiger partial charge in [-0.15, -0.1) is 0 Å². The van der Waals surface area contributed by atoms with Gasteiger partial charge in [0.1, 0.15) is 0 Å². The Hall–Kier alpha value is -0.943. The van der Waals surface area contributed by atoms with E-state index in [0.717, 1.165) is 25.5 Å². The Kier molecular flexibility index (Phi) is 10.1. The van der Waals surface area contributed by atoms with E-state index in [1.807, 2.05) is 19.9 Å². The molecule has 0 fully saturated rings. The minimum atomic E-state index is -0.476. The van der Waals surface area contributed by atoms with Gasteiger partial charge < -0.3 is 13.9 Å². The lowest BCUT2D eigenvalue weighted by molar-refractivity contribution is -0.136. The van der Waals surface area contributed by atoms with E-state index in [4.69, 9.17) is 13.9 Å². The van der Waals surface area contributed by atoms with Crippen LogP contribution in [0.3, 0.4) is 0 Å². The summed E-state index contributed by atoms with van der Waals surface area (Å²) in [5.41, 5.74) is 2.48. The first-order valence-electron chi connectivity index (χ1n) is 7.82. The summed E-state index contributed by atoms with van der Waals surface area (Å²) in [5.74, 6) is 0. The summed E-state index contributed by atoms with van der Waals surface area (Å²) >= 11 is 0. The van der Waals surface area contributed by atoms with Gasteiger partial charge in [-0.2, -0.15) is 0 Å². The van der Waals surface area contributed by atoms with Crippen LogP contribution in [0, 0.1) is 0 Å². The molecule has 0 saturated heterocycles. The largest absolute Gasteiger partial charge is 0.424 e. The molecule has 0 bridgehead atoms. The molecule has 1 aromatic rings. The monoisotopic (exact) mass is 308 g/mol. The first-order chi connectivity index (χ1) is 10.3. The Bertz CT molecular complexity index is 389. The molecule has 4 heteroatoms. The fourth-order valence-corrected chi connectivity index (χ4v) is 3.16. The van der Waals surface area contributed by atoms with Gasteiger partial charge >= 0.3 is 0 Å². The number of benzene rings is 1. The van der Waals surface area contributed by atoms with Crippen molar-refractivity contribution in [3.63, 3.8) is 0 Å². The summed E-state index contributed by atoms with van der Waals surface area (Å²) in [4.78, 5) is 0. The molecular formula is C17H28O3Si. The van der Waals surface area contributed by atoms with Gasteiger partial charge in [-0.3, -0.25) is 0 Å². The Morgan fingerprint density at radius 2 is 2.00 bits per heavy atom. The van der Waals surface area contributed by atoms with E-state index in [1.54, 1.807) is 0 Å². The first kappa shape index (κ1) is 18.1. The summed E-state index contributed by atoms with van der Waals surface area (Å²) in [6.45, 7) is 9.99. The van der Waals surface area contributed by atoms with Crippen LogP contribution in [0.5, 0.6) is 0 Å². The van der Waals surface area contributed by atoms with Crippen LogP contribution in [-0.2, 0) is 20.3 Å². The molecule has 1 rings (SSSR count). The van der Waals surface area contributed by atoms with Crippen LogP contribution in [0.4, 0.5) is 0 Å². The lowest BCUT2D eigenvalue weighted by Gasteiger charge is -2.16. The normalized spacial score (nSPS) is 11.6. The standard InChI is InChI=1S/C17H28O3Si/c1-4-15-8-7-9-16(14-15)10-12-20-21-13-11-17(18-5-2)19-6-3/h4,7-9,14,17H,1,5-6,10-13,21H2,2-3H3. The summed E-state index contributed by atoms with van der Waals surface area (Å²) in [6.07, 6.45) is 3.73. The molecule has 118 valence electrons. The van der Waals surface area contributed by atoms with Crippen molar-refractivity contribution in [1.29, 1.82) is 0 Å². The van der Waals surface area contributed by atoms with Crippen molar-refractivity contribution in [2.75, 3.05) is 19.8 Å². The molecule has 0 aliphatic heterocycles. The minimum Gasteiger partial charge on any atom is -0.424 e. The molecule has 0 aliphatic carbocycles. The van der Waals surface area contributed by atoms with E-state index in [9.17, 15) is 0 Å². The summed E-state index contributed by atoms with van der Waals surface area (Å²) in [5, 5.41) is 0. The number of hydrogen-bond donors (Lipinski definition) is 0. The fraction of sp³-hybridized carbons (Fsp3) is 0.529. The molecule has 0 unspecified atom stereocenters. The fourth-order valence-electron chi connectivity index (χ4n) is 2.11. The molecule has 0 aromatic heterocycles. The molecule has 3 nitrogen and oxygen atoms in total. The Morgan fingerprint density at radius 1 is 1.24 bits per heavy atom. The summed E-state index contributed by atoms with van der Waals surface area (Å²) in [7, 11) is -0.476. The van der Waals surface area contributed by atoms with Crippen molar-refractivity contribution >= 4 is 15.8 Å². The molecule has 0 N–H and O–H groups in total. The molecule has 0 amide bonds. The topological polar surface area (TPSA) is 27.7 Å². The second kappa shape index (κ2) is 11.7. The Balaban J connectivity index is 2.12. The Labute approximate surface area is 131 Å². The predicted molar refractivity (Wildman–Crippen MR) is 91.2 cm³/mol. The smallest absolute Gasteiger partial charge is 0.161 e. The molecule has 1 aromatic carbocycles. The molecular weight excluding hydrogens is 280 g/mol. The van der Waals surface area contributed by atoms with Gasteiger partial charge in [-0.05, 0) is 43.9 Å². The molecule has 0 radical (unpaired) electrons. The zero-order valence-electron chi connectivity index (χ0n) is 13.3. The maximum absolute atomic E-state index is 5.82. The van der Waals surface area contributed by atoms with E-state index < -0.39 is 9.76 Å². The highest BCUT2D eigenvalue weighted by atomic mass is 28.2. The van der Waals surface area contributed by atoms with Crippen LogP contribution < -0.4 is 0 Å². The second-order valence-electron chi connectivity index (χ2n) is 4.79. The van der Waals surface area contributed by atoms with Gasteiger partial charge in [0, 0.05) is 19.8 Å². The van der Waals surface area contributed by atoms with Crippen LogP contribution in [0.1, 0.15) is 31.4 Å². The van der Waals surface area contributed by atoms with Crippen molar-refractivity contribution in [2.45, 2.75) is 39.0 Å². The van der Waals surface area contributed by atoms with E-state index in [2.05, 4.69) is 30.8 Å². The van der Waals surface area contributed by atoms with Gasteiger partial charge in [0.15, 0.2) is 16.1 Å². The van der Waals surface area contributed by atoms with Gasteiger partial charge in [-0.1, -0.05) is 36.9 Å². The minimum absolute atomic E-state index is 0.0552. The van der Waals surface area contributed by atoms with Crippen LogP contribution in [-0.4, -0.2) is 35.9 Å². The zero-order valence-corrected chi connectivity index (χ0v) is 14.8. The van der Waals surface area contributed by atoms with Crippen molar-refractivity contribution in [2.24, 2.45) is 0 Å². The first-order valence-corrected chi connectivity index (χ1v) is 9.40. The van der Waals surface area contributed by atoms with Gasteiger partial charge in [0.2, 0.25) is 0 Å². The maximum atomic E-state index is 5.82. The lowest BCUT2D eigenvalue weighted by atomic mass is 10.1. The summed E-state index contributed by atoms with van der Waals surface area (Å²) in [6, 6.07) is 9.53. The summed E-state index contributed by atoms with van der Waals surface area (Å²) < 4.78 is 16.9. The van der Waals surface area contributed by atoms with Crippen molar-refractivity contribution in [3.05, 3.63) is 42.0 Å². The predicted octanol–water partition coefficient (Wildman–Crippen LogP) is 3.18. The van der Waals surface area contributed by atoms with Crippen molar-refractivity contribution in [3.8, 4) is 0 Å². The molecule has 0 heterocycles. The lowest BCUT2D eigenvalue weighted by Crippen LogP contribution is -2.18. The third kappa shape index (κ3) is 8.17. The molecule has 0 atom stereocenters. The second-order valence-corrected chi connectivity index (χ2v) is 6.32. The maximum Gasteiger partial charge on any atom is 0.161 e.